The van der Waals surface area contributed by atoms with E-state index in [0.29, 0.717) is 65.5 Å². The zero-order valence-electron chi connectivity index (χ0n) is 24.2. The summed E-state index contributed by atoms with van der Waals surface area (Å²) in [7, 11) is 1.59. The summed E-state index contributed by atoms with van der Waals surface area (Å²) in [4.78, 5) is 27.3. The molecule has 0 radical (unpaired) electrons. The molecule has 0 saturated heterocycles. The summed E-state index contributed by atoms with van der Waals surface area (Å²) >= 11 is 0. The number of ether oxygens (including phenoxy) is 3. The lowest BCUT2D eigenvalue weighted by molar-refractivity contribution is -0.120. The molecule has 0 spiro atoms. The zero-order valence-corrected chi connectivity index (χ0v) is 24.2. The van der Waals surface area contributed by atoms with Crippen LogP contribution in [0.3, 0.4) is 0 Å². The first kappa shape index (κ1) is 27.0. The molecule has 0 atom stereocenters. The number of carbonyl (C=O) groups excluding carboxylic acids is 2. The molecule has 2 aromatic carbocycles. The van der Waals surface area contributed by atoms with Crippen LogP contribution in [0.25, 0.3) is 5.69 Å². The van der Waals surface area contributed by atoms with Crippen molar-refractivity contribution >= 4 is 11.6 Å². The van der Waals surface area contributed by atoms with Crippen LogP contribution in [0, 0.1) is 10.8 Å². The Hall–Kier alpha value is -4.20. The molecule has 3 aliphatic rings. The van der Waals surface area contributed by atoms with Crippen molar-refractivity contribution in [3.8, 4) is 17.2 Å². The molecule has 8 nitrogen and oxygen atoms in total. The molecule has 0 saturated carbocycles. The standard InChI is InChI=1S/C33H35N3O5/c1-32(2)14-23(37)30-27(16-32)41-28-17-33(3,4)15-24(38)31(28)29(30)20-11-12-25(39-5)26(13-20)40-19-21-18-36(35-34-21)22-9-7-6-8-10-22/h6-13,18,29H,14-17,19H2,1-5H3. The Morgan fingerprint density at radius 3 is 2.12 bits per heavy atom. The van der Waals surface area contributed by atoms with E-state index in [-0.39, 0.29) is 29.0 Å². The second-order valence-electron chi connectivity index (χ2n) is 12.8. The van der Waals surface area contributed by atoms with Gasteiger partial charge in [0.1, 0.15) is 23.8 Å². The third-order valence-electron chi connectivity index (χ3n) is 8.04. The van der Waals surface area contributed by atoms with Crippen LogP contribution >= 0.6 is 0 Å². The number of rotatable bonds is 6. The van der Waals surface area contributed by atoms with Crippen molar-refractivity contribution in [3.63, 3.8) is 0 Å². The summed E-state index contributed by atoms with van der Waals surface area (Å²) in [6.07, 6.45) is 3.93. The number of allylic oxidation sites excluding steroid dienone is 4. The molecule has 0 bridgehead atoms. The van der Waals surface area contributed by atoms with Gasteiger partial charge in [0.2, 0.25) is 0 Å². The van der Waals surface area contributed by atoms with Crippen LogP contribution in [-0.4, -0.2) is 33.7 Å². The maximum absolute atomic E-state index is 13.6. The Morgan fingerprint density at radius 2 is 1.51 bits per heavy atom. The predicted octanol–water partition coefficient (Wildman–Crippen LogP) is 6.26. The summed E-state index contributed by atoms with van der Waals surface area (Å²) in [6.45, 7) is 8.50. The zero-order chi connectivity index (χ0) is 28.9. The molecule has 212 valence electrons. The topological polar surface area (TPSA) is 92.5 Å². The summed E-state index contributed by atoms with van der Waals surface area (Å²) in [5, 5.41) is 8.47. The van der Waals surface area contributed by atoms with Crippen LogP contribution in [0.2, 0.25) is 0 Å². The average molecular weight is 554 g/mol. The third-order valence-corrected chi connectivity index (χ3v) is 8.04. The summed E-state index contributed by atoms with van der Waals surface area (Å²) in [6, 6.07) is 15.4. The highest BCUT2D eigenvalue weighted by Crippen LogP contribution is 2.53. The second-order valence-corrected chi connectivity index (χ2v) is 12.8. The number of hydrogen-bond acceptors (Lipinski definition) is 7. The van der Waals surface area contributed by atoms with Gasteiger partial charge in [-0.3, -0.25) is 9.59 Å². The van der Waals surface area contributed by atoms with E-state index in [0.717, 1.165) is 11.3 Å². The minimum Gasteiger partial charge on any atom is -0.493 e. The molecule has 1 aliphatic heterocycles. The van der Waals surface area contributed by atoms with Crippen LogP contribution < -0.4 is 9.47 Å². The number of Topliss-reactive ketones (excluding diaryl/α,β-unsaturated/α-hetero) is 2. The van der Waals surface area contributed by atoms with Crippen molar-refractivity contribution in [3.05, 3.63) is 88.6 Å². The number of para-hydroxylation sites is 1. The number of carbonyl (C=O) groups is 2. The van der Waals surface area contributed by atoms with E-state index in [1.54, 1.807) is 11.8 Å². The molecule has 6 rings (SSSR count). The van der Waals surface area contributed by atoms with E-state index in [1.807, 2.05) is 54.7 Å². The Balaban J connectivity index is 1.37. The van der Waals surface area contributed by atoms with Crippen LogP contribution in [0.5, 0.6) is 11.5 Å². The van der Waals surface area contributed by atoms with Gasteiger partial charge < -0.3 is 14.2 Å². The number of ketones is 2. The Morgan fingerprint density at radius 1 is 0.878 bits per heavy atom. The molecule has 2 heterocycles. The van der Waals surface area contributed by atoms with Gasteiger partial charge in [-0.2, -0.15) is 0 Å². The fourth-order valence-electron chi connectivity index (χ4n) is 6.22. The van der Waals surface area contributed by atoms with Crippen molar-refractivity contribution < 1.29 is 23.8 Å². The molecule has 0 amide bonds. The molecular weight excluding hydrogens is 518 g/mol. The number of aromatic nitrogens is 3. The summed E-state index contributed by atoms with van der Waals surface area (Å²) in [5.74, 6) is 1.98. The third kappa shape index (κ3) is 5.19. The lowest BCUT2D eigenvalue weighted by Crippen LogP contribution is -2.37. The van der Waals surface area contributed by atoms with Gasteiger partial charge in [0, 0.05) is 42.7 Å². The molecule has 8 heteroatoms. The van der Waals surface area contributed by atoms with Crippen molar-refractivity contribution in [2.75, 3.05) is 7.11 Å². The Labute approximate surface area is 240 Å². The van der Waals surface area contributed by atoms with Gasteiger partial charge in [0.25, 0.3) is 0 Å². The van der Waals surface area contributed by atoms with Crippen molar-refractivity contribution in [1.82, 2.24) is 15.0 Å². The van der Waals surface area contributed by atoms with Crippen molar-refractivity contribution in [1.29, 1.82) is 0 Å². The first-order chi connectivity index (χ1) is 19.5. The van der Waals surface area contributed by atoms with Crippen LogP contribution in [0.15, 0.2) is 77.4 Å². The SMILES string of the molecule is COc1ccc(C2C3=C(CC(C)(C)CC3=O)OC3=C2C(=O)CC(C)(C)C3)cc1OCc1cn(-c2ccccc2)nn1. The van der Waals surface area contributed by atoms with Crippen LogP contribution in [0.1, 0.15) is 70.6 Å². The van der Waals surface area contributed by atoms with E-state index >= 15 is 0 Å². The van der Waals surface area contributed by atoms with Gasteiger partial charge in [-0.05, 0) is 40.7 Å². The number of nitrogens with zero attached hydrogens (tertiary/aromatic N) is 3. The highest BCUT2D eigenvalue weighted by Gasteiger charge is 2.48. The van der Waals surface area contributed by atoms with Crippen LogP contribution in [0.4, 0.5) is 0 Å². The smallest absolute Gasteiger partial charge is 0.163 e. The van der Waals surface area contributed by atoms with Gasteiger partial charge in [-0.25, -0.2) is 4.68 Å². The van der Waals surface area contributed by atoms with Gasteiger partial charge in [-0.15, -0.1) is 5.10 Å². The summed E-state index contributed by atoms with van der Waals surface area (Å²) in [5.41, 5.74) is 3.13. The molecule has 0 unspecified atom stereocenters. The van der Waals surface area contributed by atoms with Crippen LogP contribution in [-0.2, 0) is 20.9 Å². The number of hydrogen-bond donors (Lipinski definition) is 0. The number of methoxy groups -OCH3 is 1. The fourth-order valence-corrected chi connectivity index (χ4v) is 6.22. The van der Waals surface area contributed by atoms with Gasteiger partial charge in [-0.1, -0.05) is 57.2 Å². The van der Waals surface area contributed by atoms with Gasteiger partial charge >= 0.3 is 0 Å². The lowest BCUT2D eigenvalue weighted by atomic mass is 9.65. The average Bonchev–Trinajstić information content (AvgIpc) is 3.39. The van der Waals surface area contributed by atoms with E-state index in [4.69, 9.17) is 14.2 Å². The molecule has 0 N–H and O–H groups in total. The second kappa shape index (κ2) is 10.0. The first-order valence-electron chi connectivity index (χ1n) is 14.0. The highest BCUT2D eigenvalue weighted by molar-refractivity contribution is 6.06. The minimum absolute atomic E-state index is 0.0289. The van der Waals surface area contributed by atoms with E-state index < -0.39 is 5.92 Å². The minimum atomic E-state index is -0.506. The molecule has 1 aromatic heterocycles. The monoisotopic (exact) mass is 553 g/mol. The highest BCUT2D eigenvalue weighted by atomic mass is 16.5. The lowest BCUT2D eigenvalue weighted by Gasteiger charge is -2.42. The number of benzene rings is 2. The van der Waals surface area contributed by atoms with E-state index in [9.17, 15) is 9.59 Å². The first-order valence-corrected chi connectivity index (χ1v) is 14.0. The van der Waals surface area contributed by atoms with Gasteiger partial charge in [0.15, 0.2) is 23.1 Å². The fraction of sp³-hybridized carbons (Fsp3) is 0.394. The molecule has 0 fully saturated rings. The molecule has 2 aliphatic carbocycles. The molecular formula is C33H35N3O5. The summed E-state index contributed by atoms with van der Waals surface area (Å²) < 4.78 is 19.9. The van der Waals surface area contributed by atoms with Crippen molar-refractivity contribution in [2.24, 2.45) is 10.8 Å². The molecule has 41 heavy (non-hydrogen) atoms. The largest absolute Gasteiger partial charge is 0.493 e. The Bertz CT molecular complexity index is 1540. The Kier molecular flexibility index (Phi) is 6.59. The maximum Gasteiger partial charge on any atom is 0.163 e. The van der Waals surface area contributed by atoms with Crippen molar-refractivity contribution in [2.45, 2.75) is 65.9 Å². The van der Waals surface area contributed by atoms with Gasteiger partial charge in [0.05, 0.1) is 19.0 Å². The predicted molar refractivity (Wildman–Crippen MR) is 153 cm³/mol. The molecule has 3 aromatic rings. The van der Waals surface area contributed by atoms with E-state index in [2.05, 4.69) is 38.0 Å². The maximum atomic E-state index is 13.6. The van der Waals surface area contributed by atoms with E-state index in [1.165, 1.54) is 0 Å². The normalized spacial score (nSPS) is 19.9. The quantitative estimate of drug-likeness (QED) is 0.356.